The highest BCUT2D eigenvalue weighted by Gasteiger charge is 2.59. The molecule has 3 aliphatic rings. The second-order valence-corrected chi connectivity index (χ2v) is 8.40. The van der Waals surface area contributed by atoms with E-state index in [1.54, 1.807) is 24.4 Å². The lowest BCUT2D eigenvalue weighted by molar-refractivity contribution is -0.116. The Morgan fingerprint density at radius 3 is 2.97 bits per heavy atom. The van der Waals surface area contributed by atoms with E-state index in [2.05, 4.69) is 10.3 Å². The van der Waals surface area contributed by atoms with Crippen molar-refractivity contribution < 1.29 is 23.5 Å². The van der Waals surface area contributed by atoms with Gasteiger partial charge in [0.1, 0.15) is 35.0 Å². The third-order valence-electron chi connectivity index (χ3n) is 6.37. The van der Waals surface area contributed by atoms with Gasteiger partial charge in [-0.15, -0.1) is 0 Å². The lowest BCUT2D eigenvalue weighted by Crippen LogP contribution is -2.20. The number of ketones is 1. The molecule has 2 aromatic carbocycles. The van der Waals surface area contributed by atoms with Crippen LogP contribution in [0.4, 0.5) is 10.2 Å². The van der Waals surface area contributed by atoms with Crippen LogP contribution in [0.25, 0.3) is 0 Å². The number of halogens is 1. The number of nitrogens with one attached hydrogen (secondary N) is 1. The highest BCUT2D eigenvalue weighted by Crippen LogP contribution is 2.60. The average Bonchev–Trinajstić information content (AvgIpc) is 3.30. The number of ether oxygens (including phenoxy) is 2. The monoisotopic (exact) mass is 430 g/mol. The zero-order valence-corrected chi connectivity index (χ0v) is 17.0. The Kier molecular flexibility index (Phi) is 4.24. The van der Waals surface area contributed by atoms with E-state index in [0.717, 1.165) is 16.9 Å². The number of carbonyl (C=O) groups excluding carboxylic acids is 2. The van der Waals surface area contributed by atoms with Crippen LogP contribution in [-0.4, -0.2) is 22.8 Å². The molecule has 0 radical (unpaired) electrons. The number of hydrogen-bond donors (Lipinski definition) is 1. The minimum atomic E-state index is -0.409. The predicted molar refractivity (Wildman–Crippen MR) is 114 cm³/mol. The number of rotatable bonds is 5. The number of Topliss-reactive ketones (excluding diaryl/α,β-unsaturated/α-hetero) is 1. The molecular weight excluding hydrogens is 411 g/mol. The van der Waals surface area contributed by atoms with Gasteiger partial charge in [-0.3, -0.25) is 9.59 Å². The molecule has 3 aromatic rings. The third kappa shape index (κ3) is 3.21. The normalized spacial score (nSPS) is 22.2. The van der Waals surface area contributed by atoms with Gasteiger partial charge < -0.3 is 14.8 Å². The number of anilines is 1. The summed E-state index contributed by atoms with van der Waals surface area (Å²) in [4.78, 5) is 28.4. The molecule has 1 aliphatic carbocycles. The van der Waals surface area contributed by atoms with Crippen molar-refractivity contribution in [1.82, 2.24) is 4.98 Å². The molecule has 160 valence electrons. The first-order valence-corrected chi connectivity index (χ1v) is 10.6. The summed E-state index contributed by atoms with van der Waals surface area (Å²) < 4.78 is 25.6. The van der Waals surface area contributed by atoms with Crippen molar-refractivity contribution in [3.8, 4) is 17.2 Å². The first-order valence-electron chi connectivity index (χ1n) is 10.6. The molecule has 0 bridgehead atoms. The number of carbonyl (C=O) groups is 2. The summed E-state index contributed by atoms with van der Waals surface area (Å²) in [6.45, 7) is 0. The predicted octanol–water partition coefficient (Wildman–Crippen LogP) is 4.65. The minimum Gasteiger partial charge on any atom is -0.489 e. The molecule has 32 heavy (non-hydrogen) atoms. The van der Waals surface area contributed by atoms with Gasteiger partial charge in [-0.25, -0.2) is 9.37 Å². The molecule has 3 heterocycles. The quantitative estimate of drug-likeness (QED) is 0.597. The van der Waals surface area contributed by atoms with Gasteiger partial charge >= 0.3 is 0 Å². The fraction of sp³-hybridized carbons (Fsp3) is 0.240. The highest BCUT2D eigenvalue weighted by atomic mass is 19.1. The Bertz CT molecular complexity index is 1270. The summed E-state index contributed by atoms with van der Waals surface area (Å²) in [5, 5.41) is 2.78. The van der Waals surface area contributed by atoms with Gasteiger partial charge in [-0.1, -0.05) is 12.1 Å². The molecule has 0 unspecified atom stereocenters. The van der Waals surface area contributed by atoms with Crippen LogP contribution in [0.3, 0.4) is 0 Å². The summed E-state index contributed by atoms with van der Waals surface area (Å²) in [6.07, 6.45) is 2.88. The van der Waals surface area contributed by atoms with Crippen LogP contribution in [-0.2, 0) is 11.2 Å². The van der Waals surface area contributed by atoms with E-state index in [1.807, 2.05) is 18.2 Å². The first-order chi connectivity index (χ1) is 15.6. The summed E-state index contributed by atoms with van der Waals surface area (Å²) in [5.74, 6) is 2.37. The van der Waals surface area contributed by atoms with Gasteiger partial charge in [-0.2, -0.15) is 0 Å². The van der Waals surface area contributed by atoms with E-state index in [9.17, 15) is 14.0 Å². The van der Waals surface area contributed by atoms with Gasteiger partial charge in [0.15, 0.2) is 5.78 Å². The molecule has 2 aliphatic heterocycles. The van der Waals surface area contributed by atoms with Crippen LogP contribution >= 0.6 is 0 Å². The van der Waals surface area contributed by atoms with Gasteiger partial charge in [0, 0.05) is 47.6 Å². The fourth-order valence-corrected chi connectivity index (χ4v) is 4.73. The van der Waals surface area contributed by atoms with E-state index in [1.165, 1.54) is 12.1 Å². The number of benzene rings is 2. The SMILES string of the molecule is O=C1CCc2c(Oc3ccc4c(c3)[C@H]3[C@H](CC(=O)c5cccc(F)c5)[C@H]3O4)ccnc2N1. The van der Waals surface area contributed by atoms with Crippen LogP contribution < -0.4 is 14.8 Å². The van der Waals surface area contributed by atoms with E-state index in [4.69, 9.17) is 9.47 Å². The van der Waals surface area contributed by atoms with Crippen molar-refractivity contribution in [2.45, 2.75) is 31.3 Å². The maximum absolute atomic E-state index is 13.4. The van der Waals surface area contributed by atoms with Crippen LogP contribution in [0.2, 0.25) is 0 Å². The summed E-state index contributed by atoms with van der Waals surface area (Å²) >= 11 is 0. The maximum atomic E-state index is 13.4. The Hall–Kier alpha value is -3.74. The summed E-state index contributed by atoms with van der Waals surface area (Å²) in [7, 11) is 0. The second kappa shape index (κ2) is 7.15. The molecule has 6 nitrogen and oxygen atoms in total. The van der Waals surface area contributed by atoms with Crippen molar-refractivity contribution in [3.63, 3.8) is 0 Å². The number of nitrogens with zero attached hydrogens (tertiary/aromatic N) is 1. The summed E-state index contributed by atoms with van der Waals surface area (Å²) in [6, 6.07) is 13.3. The van der Waals surface area contributed by atoms with Crippen molar-refractivity contribution in [2.75, 3.05) is 5.32 Å². The van der Waals surface area contributed by atoms with E-state index < -0.39 is 5.82 Å². The maximum Gasteiger partial charge on any atom is 0.225 e. The topological polar surface area (TPSA) is 77.5 Å². The van der Waals surface area contributed by atoms with E-state index in [-0.39, 0.29) is 29.6 Å². The second-order valence-electron chi connectivity index (χ2n) is 8.40. The van der Waals surface area contributed by atoms with Crippen LogP contribution in [0.5, 0.6) is 17.2 Å². The molecule has 1 fully saturated rings. The van der Waals surface area contributed by atoms with Crippen LogP contribution in [0.1, 0.15) is 40.2 Å². The number of aromatic nitrogens is 1. The fourth-order valence-electron chi connectivity index (χ4n) is 4.73. The number of hydrogen-bond acceptors (Lipinski definition) is 5. The standard InChI is InChI=1S/C25H19FN2O4/c26-14-3-1-2-13(10-14)19(29)12-18-23-17-11-15(4-6-20(17)32-24(18)23)31-21-8-9-27-25-16(21)5-7-22(30)28-25/h1-4,6,8-11,18,23-24H,5,7,12H2,(H,27,28,30)/t18-,23-,24+/m0/s1. The highest BCUT2D eigenvalue weighted by molar-refractivity contribution is 5.96. The van der Waals surface area contributed by atoms with Crippen molar-refractivity contribution >= 4 is 17.5 Å². The molecule has 7 heteroatoms. The lowest BCUT2D eigenvalue weighted by Gasteiger charge is -2.19. The largest absolute Gasteiger partial charge is 0.489 e. The number of fused-ring (bicyclic) bond motifs is 4. The molecule has 3 atom stereocenters. The minimum absolute atomic E-state index is 0.0262. The molecule has 1 amide bonds. The third-order valence-corrected chi connectivity index (χ3v) is 6.37. The zero-order chi connectivity index (χ0) is 21.8. The molecule has 1 N–H and O–H groups in total. The molecular formula is C25H19FN2O4. The van der Waals surface area contributed by atoms with Gasteiger partial charge in [0.05, 0.1) is 0 Å². The Morgan fingerprint density at radius 2 is 2.09 bits per heavy atom. The average molecular weight is 430 g/mol. The lowest BCUT2D eigenvalue weighted by atomic mass is 10.0. The Labute approximate surface area is 183 Å². The van der Waals surface area contributed by atoms with Crippen molar-refractivity contribution in [2.24, 2.45) is 5.92 Å². The van der Waals surface area contributed by atoms with Crippen LogP contribution in [0, 0.1) is 11.7 Å². The number of pyridine rings is 1. The van der Waals surface area contributed by atoms with Gasteiger partial charge in [0.2, 0.25) is 5.91 Å². The number of amides is 1. The molecule has 0 saturated heterocycles. The Morgan fingerprint density at radius 1 is 1.19 bits per heavy atom. The van der Waals surface area contributed by atoms with Gasteiger partial charge in [0.25, 0.3) is 0 Å². The molecule has 1 saturated carbocycles. The smallest absolute Gasteiger partial charge is 0.225 e. The molecule has 0 spiro atoms. The summed E-state index contributed by atoms with van der Waals surface area (Å²) in [5.41, 5.74) is 2.30. The molecule has 6 rings (SSSR count). The first kappa shape index (κ1) is 19.0. The zero-order valence-electron chi connectivity index (χ0n) is 17.0. The Balaban J connectivity index is 1.20. The van der Waals surface area contributed by atoms with E-state index >= 15 is 0 Å². The molecule has 1 aromatic heterocycles. The van der Waals surface area contributed by atoms with Crippen molar-refractivity contribution in [3.05, 3.63) is 77.2 Å². The van der Waals surface area contributed by atoms with Crippen molar-refractivity contribution in [1.29, 1.82) is 0 Å². The van der Waals surface area contributed by atoms with E-state index in [0.29, 0.717) is 42.1 Å². The van der Waals surface area contributed by atoms with Gasteiger partial charge in [-0.05, 0) is 42.8 Å². The van der Waals surface area contributed by atoms with Crippen LogP contribution in [0.15, 0.2) is 54.7 Å².